The molecule has 0 spiro atoms. The first-order valence-corrected chi connectivity index (χ1v) is 5.46. The van der Waals surface area contributed by atoms with Crippen LogP contribution in [0.4, 0.5) is 0 Å². The van der Waals surface area contributed by atoms with Crippen molar-refractivity contribution in [1.29, 1.82) is 5.53 Å². The minimum Gasteiger partial charge on any atom is -0.0533 e. The quantitative estimate of drug-likeness (QED) is 0.503. The summed E-state index contributed by atoms with van der Waals surface area (Å²) in [5.74, 6) is 0.701. The Morgan fingerprint density at radius 2 is 1.54 bits per heavy atom. The third-order valence-electron chi connectivity index (χ3n) is 2.89. The molecule has 0 heterocycles. The summed E-state index contributed by atoms with van der Waals surface area (Å²) in [4.78, 5) is 3.08. The van der Waals surface area contributed by atoms with Crippen LogP contribution >= 0.6 is 0 Å². The average Bonchev–Trinajstić information content (AvgIpc) is 2.28. The predicted octanol–water partition coefficient (Wildman–Crippen LogP) is 3.29. The molecule has 0 aliphatic heterocycles. The summed E-state index contributed by atoms with van der Waals surface area (Å²) >= 11 is 0. The third kappa shape index (κ3) is 4.79. The first-order chi connectivity index (χ1) is 6.43. The van der Waals surface area contributed by atoms with E-state index in [-0.39, 0.29) is 0 Å². The highest BCUT2D eigenvalue weighted by Crippen LogP contribution is 2.21. The highest BCUT2D eigenvalue weighted by Gasteiger charge is 2.11. The Morgan fingerprint density at radius 3 is 2.08 bits per heavy atom. The molecule has 74 valence electrons. The molecule has 0 aromatic rings. The van der Waals surface area contributed by atoms with Crippen molar-refractivity contribution in [2.45, 2.75) is 51.4 Å². The van der Waals surface area contributed by atoms with E-state index in [1.54, 1.807) is 0 Å². The van der Waals surface area contributed by atoms with Gasteiger partial charge in [0.15, 0.2) is 0 Å². The molecule has 0 atom stereocenters. The maximum atomic E-state index is 6.62. The third-order valence-corrected chi connectivity index (χ3v) is 2.89. The van der Waals surface area contributed by atoms with Gasteiger partial charge in [-0.15, -0.1) is 0 Å². The van der Waals surface area contributed by atoms with Crippen LogP contribution in [0.5, 0.6) is 0 Å². The predicted molar refractivity (Wildman–Crippen MR) is 52.6 cm³/mol. The summed E-state index contributed by atoms with van der Waals surface area (Å²) < 4.78 is 0. The summed E-state index contributed by atoms with van der Waals surface area (Å²) in [6.07, 6.45) is 10.9. The lowest BCUT2D eigenvalue weighted by Gasteiger charge is -2.09. The van der Waals surface area contributed by atoms with Crippen molar-refractivity contribution >= 4 is 0 Å². The lowest BCUT2D eigenvalue weighted by atomic mass is 9.97. The Bertz CT molecular complexity index is 163. The van der Waals surface area contributed by atoms with Gasteiger partial charge in [0, 0.05) is 0 Å². The maximum absolute atomic E-state index is 6.62. The average molecular weight is 182 g/mol. The zero-order valence-corrected chi connectivity index (χ0v) is 8.34. The van der Waals surface area contributed by atoms with E-state index in [1.165, 1.54) is 51.4 Å². The number of rotatable bonds is 2. The number of nitrogens with one attached hydrogen (secondary N) is 1. The minimum atomic E-state index is 0.701. The Hall–Kier alpha value is -0.690. The molecule has 13 heavy (non-hydrogen) atoms. The summed E-state index contributed by atoms with van der Waals surface area (Å²) in [5.41, 5.74) is 6.62. The van der Waals surface area contributed by atoms with Crippen LogP contribution < -0.4 is 4.91 Å². The van der Waals surface area contributed by atoms with Gasteiger partial charge in [-0.25, -0.2) is 0 Å². The van der Waals surface area contributed by atoms with Crippen molar-refractivity contribution in [1.82, 2.24) is 4.91 Å². The number of nitrogens with zero attached hydrogens (tertiary/aromatic N) is 2. The standard InChI is InChI=1S/C10H20N3/c11-13-12-9-10-7-5-3-1-2-4-6-8-10/h10-11H,1-9H2/q+1. The Balaban J connectivity index is 2.27. The van der Waals surface area contributed by atoms with Crippen molar-refractivity contribution in [2.24, 2.45) is 11.0 Å². The van der Waals surface area contributed by atoms with E-state index in [1.807, 2.05) is 0 Å². The summed E-state index contributed by atoms with van der Waals surface area (Å²) in [6.45, 7) is 0.781. The van der Waals surface area contributed by atoms with Crippen LogP contribution in [0, 0.1) is 11.4 Å². The number of hydrogen-bond acceptors (Lipinski definition) is 2. The van der Waals surface area contributed by atoms with Crippen molar-refractivity contribution < 1.29 is 0 Å². The molecule has 0 unspecified atom stereocenters. The highest BCUT2D eigenvalue weighted by molar-refractivity contribution is 4.64. The van der Waals surface area contributed by atoms with Crippen LogP contribution in [-0.4, -0.2) is 6.54 Å². The molecule has 1 aliphatic carbocycles. The molecule has 0 bridgehead atoms. The first kappa shape index (κ1) is 10.4. The molecule has 3 nitrogen and oxygen atoms in total. The van der Waals surface area contributed by atoms with Crippen LogP contribution in [0.25, 0.3) is 0 Å². The van der Waals surface area contributed by atoms with E-state index < -0.39 is 0 Å². The molecular weight excluding hydrogens is 162 g/mol. The van der Waals surface area contributed by atoms with Crippen LogP contribution in [0.2, 0.25) is 0 Å². The van der Waals surface area contributed by atoms with E-state index in [2.05, 4.69) is 10.0 Å². The summed E-state index contributed by atoms with van der Waals surface area (Å²) in [6, 6.07) is 0. The molecule has 1 aliphatic rings. The molecule has 0 amide bonds. The van der Waals surface area contributed by atoms with Gasteiger partial charge in [-0.2, -0.15) is 0 Å². The molecule has 0 saturated heterocycles. The van der Waals surface area contributed by atoms with Gasteiger partial charge >= 0.3 is 0 Å². The van der Waals surface area contributed by atoms with E-state index >= 15 is 0 Å². The fraction of sp³-hybridized carbons (Fsp3) is 1.00. The van der Waals surface area contributed by atoms with Gasteiger partial charge in [0.25, 0.3) is 0 Å². The highest BCUT2D eigenvalue weighted by atomic mass is 15.1. The minimum absolute atomic E-state index is 0.701. The zero-order valence-electron chi connectivity index (χ0n) is 8.34. The van der Waals surface area contributed by atoms with Gasteiger partial charge in [-0.1, -0.05) is 38.5 Å². The molecule has 1 N–H and O–H groups in total. The molecular formula is C10H20N3+. The molecule has 1 saturated carbocycles. The fourth-order valence-corrected chi connectivity index (χ4v) is 2.06. The van der Waals surface area contributed by atoms with Crippen molar-refractivity contribution in [3.63, 3.8) is 0 Å². The zero-order chi connectivity index (χ0) is 9.36. The van der Waals surface area contributed by atoms with Crippen LogP contribution in [-0.2, 0) is 0 Å². The van der Waals surface area contributed by atoms with Gasteiger partial charge in [0.2, 0.25) is 4.91 Å². The molecule has 0 radical (unpaired) electrons. The van der Waals surface area contributed by atoms with Gasteiger partial charge in [-0.3, -0.25) is 0 Å². The molecule has 1 rings (SSSR count). The normalized spacial score (nSPS) is 20.9. The van der Waals surface area contributed by atoms with Crippen molar-refractivity contribution in [3.8, 4) is 0 Å². The Morgan fingerprint density at radius 1 is 1.00 bits per heavy atom. The molecule has 0 aromatic carbocycles. The van der Waals surface area contributed by atoms with E-state index in [0.29, 0.717) is 5.92 Å². The molecule has 1 fully saturated rings. The van der Waals surface area contributed by atoms with Gasteiger partial charge in [0.05, 0.1) is 0 Å². The second-order valence-corrected chi connectivity index (χ2v) is 3.99. The number of hydrogen-bond donors (Lipinski definition) is 1. The van der Waals surface area contributed by atoms with Gasteiger partial charge in [0.1, 0.15) is 17.2 Å². The van der Waals surface area contributed by atoms with E-state index in [0.717, 1.165) is 6.54 Å². The summed E-state index contributed by atoms with van der Waals surface area (Å²) in [7, 11) is 0. The van der Waals surface area contributed by atoms with Crippen molar-refractivity contribution in [2.75, 3.05) is 6.54 Å². The molecule has 0 aromatic heterocycles. The Kier molecular flexibility index (Phi) is 5.42. The lowest BCUT2D eigenvalue weighted by molar-refractivity contribution is 0.430. The first-order valence-electron chi connectivity index (χ1n) is 5.46. The maximum Gasteiger partial charge on any atom is 0.214 e. The smallest absolute Gasteiger partial charge is 0.0533 e. The SMILES string of the molecule is N=[N+]=NCC1CCCCCCCC1. The Labute approximate surface area is 80.2 Å². The topological polar surface area (TPSA) is 50.3 Å². The van der Waals surface area contributed by atoms with Crippen LogP contribution in [0.1, 0.15) is 51.4 Å². The second-order valence-electron chi connectivity index (χ2n) is 3.99. The summed E-state index contributed by atoms with van der Waals surface area (Å²) in [5, 5.41) is 3.79. The van der Waals surface area contributed by atoms with Gasteiger partial charge < -0.3 is 0 Å². The second kappa shape index (κ2) is 6.79. The molecule has 3 heteroatoms. The van der Waals surface area contributed by atoms with Crippen LogP contribution in [0.15, 0.2) is 5.11 Å². The lowest BCUT2D eigenvalue weighted by Crippen LogP contribution is -2.04. The largest absolute Gasteiger partial charge is 0.214 e. The van der Waals surface area contributed by atoms with Crippen molar-refractivity contribution in [3.05, 3.63) is 0 Å². The van der Waals surface area contributed by atoms with E-state index in [9.17, 15) is 0 Å². The van der Waals surface area contributed by atoms with Gasteiger partial charge in [-0.05, 0) is 18.8 Å². The van der Waals surface area contributed by atoms with Crippen LogP contribution in [0.3, 0.4) is 0 Å². The van der Waals surface area contributed by atoms with E-state index in [4.69, 9.17) is 5.53 Å². The monoisotopic (exact) mass is 182 g/mol. The fourth-order valence-electron chi connectivity index (χ4n) is 2.06.